The summed E-state index contributed by atoms with van der Waals surface area (Å²) in [5.41, 5.74) is 8.73. The van der Waals surface area contributed by atoms with Gasteiger partial charge < -0.3 is 78.7 Å². The molecule has 16 nitrogen and oxygen atoms in total. The second-order valence-electron chi connectivity index (χ2n) is 28.2. The van der Waals surface area contributed by atoms with Crippen LogP contribution in [0.5, 0.6) is 92.0 Å². The smallest absolute Gasteiger partial charge is 0.168 e. The fourth-order valence-corrected chi connectivity index (χ4v) is 11.6. The van der Waals surface area contributed by atoms with Gasteiger partial charge in [-0.3, -0.25) is 0 Å². The highest BCUT2D eigenvalue weighted by molar-refractivity contribution is 5.48. The van der Waals surface area contributed by atoms with Crippen LogP contribution in [-0.4, -0.2) is 67.3 Å². The van der Waals surface area contributed by atoms with Crippen LogP contribution in [0.15, 0.2) is 196 Å². The monoisotopic (exact) mass is 1510 g/mol. The van der Waals surface area contributed by atoms with Crippen LogP contribution in [0.1, 0.15) is 203 Å². The molecule has 8 aromatic rings. The normalized spacial score (nSPS) is 10.9. The Labute approximate surface area is 655 Å². The molecule has 596 valence electrons. The van der Waals surface area contributed by atoms with Gasteiger partial charge in [0.25, 0.3) is 0 Å². The Bertz CT molecular complexity index is 3750. The summed E-state index contributed by atoms with van der Waals surface area (Å²) in [7, 11) is 0. The van der Waals surface area contributed by atoms with Gasteiger partial charge in [-0.05, 0) is 296 Å². The molecule has 110 heavy (non-hydrogen) atoms. The third-order valence-corrected chi connectivity index (χ3v) is 17.9. The highest BCUT2D eigenvalue weighted by Gasteiger charge is 2.13. The molecule has 0 aromatic heterocycles. The van der Waals surface area contributed by atoms with E-state index in [-0.39, 0.29) is 46.0 Å². The number of hydrogen-bond acceptors (Lipinski definition) is 16. The van der Waals surface area contributed by atoms with E-state index in [4.69, 9.17) is 37.9 Å². The number of rotatable bonds is 46. The number of benzene rings is 8. The van der Waals surface area contributed by atoms with E-state index in [1.54, 1.807) is 85.3 Å². The summed E-state index contributed by atoms with van der Waals surface area (Å²) in [6.07, 6.45) is 32.9. The van der Waals surface area contributed by atoms with E-state index in [1.807, 2.05) is 98.8 Å². The molecule has 0 bridgehead atoms. The SMILES string of the molecule is C=COc1ccc(CCCCc2ccc(OC=C)c(O)c2)cc1O.CC(C)CCOc1ccc(CCCCc2ccc(OCCC(C)C)c(O)c2)cc1O.CC=COc1ccc(CCCCc2ccc(OC=CC)c(O)c2)cc1O.CCCCCOc1ccc(CCCCc2ccc(OCCCCC)c(O)c2)cc1O. The van der Waals surface area contributed by atoms with E-state index in [9.17, 15) is 40.9 Å². The average Bonchev–Trinajstić information content (AvgIpc) is 0.883. The number of phenols is 8. The fraction of sp³-hybridized carbons (Fsp3) is 0.404. The van der Waals surface area contributed by atoms with E-state index >= 15 is 0 Å². The standard InChI is InChI=1S/2C26H38O4.C22H26O4.C20H22O4/c1-19(2)13-15-29-25-11-9-21(17-23(25)27)7-5-6-8-22-10-12-26(24(28)18-22)30-16-14-20(3)4;1-3-5-9-17-29-25-15-13-21(19-23(25)27)11-7-8-12-22-14-16-26(24(28)20-22)30-18-10-6-4-2;1-3-13-25-21-11-9-17(15-19(21)23)7-5-6-8-18-10-12-22(20(24)16-18)26-14-4-2;1-3-23-19-11-9-15(13-17(19)21)7-5-6-8-16-10-12-20(24-4-2)18(22)14-16/h9-12,17-20,27-28H,5-8,13-16H2,1-4H3;13-16,19-20,27-28H,3-12,17-18H2,1-2H3;3-4,9-16,23-24H,5-8H2,1-2H3;3-4,9-14,21-22H,1-2,5-8H2. The summed E-state index contributed by atoms with van der Waals surface area (Å²) >= 11 is 0. The minimum atomic E-state index is 0.120. The van der Waals surface area contributed by atoms with Gasteiger partial charge in [0.2, 0.25) is 0 Å². The number of aromatic hydroxyl groups is 8. The molecule has 0 amide bonds. The van der Waals surface area contributed by atoms with Crippen LogP contribution < -0.4 is 37.9 Å². The van der Waals surface area contributed by atoms with Crippen LogP contribution in [0, 0.1) is 11.8 Å². The lowest BCUT2D eigenvalue weighted by atomic mass is 10.0. The van der Waals surface area contributed by atoms with E-state index < -0.39 is 0 Å². The second-order valence-corrected chi connectivity index (χ2v) is 28.2. The second kappa shape index (κ2) is 52.6. The molecule has 8 aromatic carbocycles. The van der Waals surface area contributed by atoms with Gasteiger partial charge in [0.15, 0.2) is 92.0 Å². The zero-order valence-electron chi connectivity index (χ0n) is 66.5. The van der Waals surface area contributed by atoms with Gasteiger partial charge in [0.1, 0.15) is 0 Å². The summed E-state index contributed by atoms with van der Waals surface area (Å²) < 4.78 is 43.4. The number of aryl methyl sites for hydroxylation is 8. The molecule has 0 atom stereocenters. The highest BCUT2D eigenvalue weighted by atomic mass is 16.5. The molecule has 8 rings (SSSR count). The highest BCUT2D eigenvalue weighted by Crippen LogP contribution is 2.35. The Morgan fingerprint density at radius 2 is 0.473 bits per heavy atom. The van der Waals surface area contributed by atoms with Crippen LogP contribution in [0.25, 0.3) is 0 Å². The van der Waals surface area contributed by atoms with Crippen LogP contribution in [0.3, 0.4) is 0 Å². The minimum absolute atomic E-state index is 0.120. The topological polar surface area (TPSA) is 236 Å². The summed E-state index contributed by atoms with van der Waals surface area (Å²) in [5.74, 6) is 6.61. The molecule has 0 spiro atoms. The van der Waals surface area contributed by atoms with Crippen LogP contribution >= 0.6 is 0 Å². The first-order valence-electron chi connectivity index (χ1n) is 39.4. The van der Waals surface area contributed by atoms with Crippen molar-refractivity contribution in [2.45, 2.75) is 209 Å². The molecule has 0 aliphatic carbocycles. The summed E-state index contributed by atoms with van der Waals surface area (Å²) in [6, 6.07) is 44.6. The van der Waals surface area contributed by atoms with Gasteiger partial charge in [-0.2, -0.15) is 0 Å². The quantitative estimate of drug-likeness (QED) is 0.0131. The summed E-state index contributed by atoms with van der Waals surface area (Å²) in [6.45, 7) is 26.1. The molecule has 0 saturated heterocycles. The Kier molecular flexibility index (Phi) is 43.1. The van der Waals surface area contributed by atoms with Gasteiger partial charge >= 0.3 is 0 Å². The number of ether oxygens (including phenoxy) is 8. The lowest BCUT2D eigenvalue weighted by molar-refractivity contribution is 0.276. The Morgan fingerprint density at radius 1 is 0.273 bits per heavy atom. The Morgan fingerprint density at radius 3 is 0.655 bits per heavy atom. The van der Waals surface area contributed by atoms with Gasteiger partial charge in [-0.15, -0.1) is 0 Å². The molecule has 0 heterocycles. The number of hydrogen-bond donors (Lipinski definition) is 8. The molecule has 0 saturated carbocycles. The van der Waals surface area contributed by atoms with E-state index in [1.165, 1.54) is 12.5 Å². The number of allylic oxidation sites excluding steroid dienone is 2. The van der Waals surface area contributed by atoms with Crippen molar-refractivity contribution in [2.24, 2.45) is 11.8 Å². The molecule has 0 unspecified atom stereocenters. The lowest BCUT2D eigenvalue weighted by Crippen LogP contribution is -2.02. The molecule has 16 heteroatoms. The van der Waals surface area contributed by atoms with Crippen molar-refractivity contribution in [1.82, 2.24) is 0 Å². The van der Waals surface area contributed by atoms with Crippen molar-refractivity contribution in [3.05, 3.63) is 240 Å². The first kappa shape index (κ1) is 90.1. The molecule has 0 aliphatic heterocycles. The predicted octanol–water partition coefficient (Wildman–Crippen LogP) is 23.5. The van der Waals surface area contributed by atoms with Crippen molar-refractivity contribution in [3.63, 3.8) is 0 Å². The van der Waals surface area contributed by atoms with Gasteiger partial charge in [0.05, 0.1) is 51.5 Å². The molecular weight excluding hydrogens is 1390 g/mol. The first-order chi connectivity index (χ1) is 53.2. The lowest BCUT2D eigenvalue weighted by Gasteiger charge is -2.11. The van der Waals surface area contributed by atoms with Crippen molar-refractivity contribution < 1.29 is 78.7 Å². The van der Waals surface area contributed by atoms with E-state index in [0.29, 0.717) is 84.3 Å². The van der Waals surface area contributed by atoms with Crippen LogP contribution in [-0.2, 0) is 51.4 Å². The maximum Gasteiger partial charge on any atom is 0.168 e. The Balaban J connectivity index is 0.000000264. The van der Waals surface area contributed by atoms with E-state index in [2.05, 4.69) is 54.7 Å². The van der Waals surface area contributed by atoms with Gasteiger partial charge in [-0.25, -0.2) is 0 Å². The maximum atomic E-state index is 10.2. The molecule has 0 radical (unpaired) electrons. The van der Waals surface area contributed by atoms with Crippen LogP contribution in [0.2, 0.25) is 0 Å². The fourth-order valence-electron chi connectivity index (χ4n) is 11.6. The minimum Gasteiger partial charge on any atom is -0.504 e. The molecule has 0 aliphatic rings. The van der Waals surface area contributed by atoms with Crippen molar-refractivity contribution in [1.29, 1.82) is 0 Å². The maximum absolute atomic E-state index is 10.2. The molecule has 0 fully saturated rings. The third-order valence-electron chi connectivity index (χ3n) is 17.9. The first-order valence-corrected chi connectivity index (χ1v) is 39.4. The average molecular weight is 1510 g/mol. The van der Waals surface area contributed by atoms with Crippen molar-refractivity contribution >= 4 is 0 Å². The Hall–Kier alpha value is -10.5. The zero-order chi connectivity index (χ0) is 79.7. The largest absolute Gasteiger partial charge is 0.504 e. The van der Waals surface area contributed by atoms with Gasteiger partial charge in [0, 0.05) is 0 Å². The third kappa shape index (κ3) is 35.7. The zero-order valence-corrected chi connectivity index (χ0v) is 66.5. The predicted molar refractivity (Wildman–Crippen MR) is 444 cm³/mol. The van der Waals surface area contributed by atoms with Gasteiger partial charge in [-0.1, -0.05) is 141 Å². The molecule has 8 N–H and O–H groups in total. The van der Waals surface area contributed by atoms with E-state index in [0.717, 1.165) is 199 Å². The number of unbranched alkanes of at least 4 members (excludes halogenated alkanes) is 8. The van der Waals surface area contributed by atoms with Crippen molar-refractivity contribution in [2.75, 3.05) is 26.4 Å². The summed E-state index contributed by atoms with van der Waals surface area (Å²) in [4.78, 5) is 0. The summed E-state index contributed by atoms with van der Waals surface area (Å²) in [5, 5.41) is 80.3. The van der Waals surface area contributed by atoms with Crippen LogP contribution in [0.4, 0.5) is 0 Å². The number of phenolic OH excluding ortho intramolecular Hbond substituents is 8. The van der Waals surface area contributed by atoms with Crippen molar-refractivity contribution in [3.8, 4) is 92.0 Å². The molecular formula is C94H124O16.